The van der Waals surface area contributed by atoms with Gasteiger partial charge in [0.2, 0.25) is 5.91 Å². The quantitative estimate of drug-likeness (QED) is 0.718. The van der Waals surface area contributed by atoms with Crippen LogP contribution in [0.2, 0.25) is 0 Å². The van der Waals surface area contributed by atoms with Gasteiger partial charge in [-0.3, -0.25) is 14.4 Å². The summed E-state index contributed by atoms with van der Waals surface area (Å²) in [6.07, 6.45) is 2.27. The first-order valence-corrected chi connectivity index (χ1v) is 5.80. The highest BCUT2D eigenvalue weighted by molar-refractivity contribution is 5.96. The molecule has 1 N–H and O–H groups in total. The van der Waals surface area contributed by atoms with Crippen LogP contribution in [0.4, 0.5) is 0 Å². The molecular formula is C12H15N3O3. The van der Waals surface area contributed by atoms with E-state index in [0.29, 0.717) is 18.7 Å². The van der Waals surface area contributed by atoms with Crippen LogP contribution in [0.3, 0.4) is 0 Å². The van der Waals surface area contributed by atoms with Crippen LogP contribution in [0.1, 0.15) is 16.8 Å². The number of pyridine rings is 1. The molecule has 6 heteroatoms. The minimum absolute atomic E-state index is 0.0496. The fraction of sp³-hybridized carbons (Fsp3) is 0.417. The Morgan fingerprint density at radius 1 is 1.39 bits per heavy atom. The average Bonchev–Trinajstić information content (AvgIpc) is 2.56. The minimum atomic E-state index is -0.273. The molecule has 0 aliphatic carbocycles. The highest BCUT2D eigenvalue weighted by Crippen LogP contribution is 2.05. The van der Waals surface area contributed by atoms with Gasteiger partial charge in [-0.2, -0.15) is 0 Å². The Bertz CT molecular complexity index is 536. The number of carbonyl (C=O) groups is 2. The number of nitrogens with one attached hydrogen (secondary N) is 1. The number of carbonyl (C=O) groups excluding carboxylic acids is 2. The van der Waals surface area contributed by atoms with Crippen LogP contribution in [0.25, 0.3) is 0 Å². The van der Waals surface area contributed by atoms with E-state index in [4.69, 9.17) is 0 Å². The fourth-order valence-electron chi connectivity index (χ4n) is 1.84. The van der Waals surface area contributed by atoms with Gasteiger partial charge in [-0.15, -0.1) is 0 Å². The lowest BCUT2D eigenvalue weighted by atomic mass is 10.2. The Morgan fingerprint density at radius 2 is 2.17 bits per heavy atom. The molecule has 1 aromatic rings. The normalized spacial score (nSPS) is 16.1. The summed E-state index contributed by atoms with van der Waals surface area (Å²) in [7, 11) is 1.62. The van der Waals surface area contributed by atoms with Gasteiger partial charge in [-0.1, -0.05) is 0 Å². The smallest absolute Gasteiger partial charge is 0.254 e. The van der Waals surface area contributed by atoms with Crippen LogP contribution < -0.4 is 10.9 Å². The molecule has 2 heterocycles. The van der Waals surface area contributed by atoms with Crippen molar-refractivity contribution in [2.75, 3.05) is 19.6 Å². The maximum absolute atomic E-state index is 12.2. The number of aryl methyl sites for hydroxylation is 1. The third-order valence-corrected chi connectivity index (χ3v) is 2.90. The number of amides is 2. The lowest BCUT2D eigenvalue weighted by molar-refractivity contribution is -0.121. The van der Waals surface area contributed by atoms with Crippen LogP contribution in [-0.4, -0.2) is 40.9 Å². The Hall–Kier alpha value is -2.11. The molecular weight excluding hydrogens is 234 g/mol. The van der Waals surface area contributed by atoms with Crippen LogP contribution in [0, 0.1) is 0 Å². The number of nitrogens with zero attached hydrogens (tertiary/aromatic N) is 2. The molecule has 0 aromatic carbocycles. The molecule has 0 bridgehead atoms. The van der Waals surface area contributed by atoms with Gasteiger partial charge in [-0.25, -0.2) is 0 Å². The largest absolute Gasteiger partial charge is 0.354 e. The van der Waals surface area contributed by atoms with E-state index in [2.05, 4.69) is 5.32 Å². The van der Waals surface area contributed by atoms with Gasteiger partial charge in [-0.05, 0) is 12.5 Å². The minimum Gasteiger partial charge on any atom is -0.354 e. The fourth-order valence-corrected chi connectivity index (χ4v) is 1.84. The van der Waals surface area contributed by atoms with Gasteiger partial charge in [0.25, 0.3) is 11.5 Å². The molecule has 96 valence electrons. The lowest BCUT2D eigenvalue weighted by Gasteiger charge is -2.18. The molecule has 2 amide bonds. The highest BCUT2D eigenvalue weighted by Gasteiger charge is 2.21. The van der Waals surface area contributed by atoms with Crippen molar-refractivity contribution in [3.05, 3.63) is 34.2 Å². The molecule has 6 nitrogen and oxygen atoms in total. The van der Waals surface area contributed by atoms with Crippen LogP contribution >= 0.6 is 0 Å². The summed E-state index contributed by atoms with van der Waals surface area (Å²) >= 11 is 0. The number of hydrogen-bond acceptors (Lipinski definition) is 3. The second-order valence-electron chi connectivity index (χ2n) is 4.29. The van der Waals surface area contributed by atoms with E-state index in [1.54, 1.807) is 19.3 Å². The molecule has 0 saturated carbocycles. The van der Waals surface area contributed by atoms with Gasteiger partial charge in [0, 0.05) is 38.0 Å². The Kier molecular flexibility index (Phi) is 3.45. The van der Waals surface area contributed by atoms with Gasteiger partial charge in [0.15, 0.2) is 0 Å². The lowest BCUT2D eigenvalue weighted by Crippen LogP contribution is -2.37. The molecule has 0 unspecified atom stereocenters. The second kappa shape index (κ2) is 5.03. The molecule has 1 aliphatic heterocycles. The van der Waals surface area contributed by atoms with E-state index in [1.165, 1.54) is 15.5 Å². The maximum Gasteiger partial charge on any atom is 0.254 e. The SMILES string of the molecule is Cn1ccc(C(=O)N2CCCNC(=O)C2)cc1=O. The average molecular weight is 249 g/mol. The van der Waals surface area contributed by atoms with E-state index in [0.717, 1.165) is 6.42 Å². The zero-order valence-corrected chi connectivity index (χ0v) is 10.2. The molecule has 0 atom stereocenters. The van der Waals surface area contributed by atoms with E-state index >= 15 is 0 Å². The van der Waals surface area contributed by atoms with Gasteiger partial charge >= 0.3 is 0 Å². The predicted octanol–water partition coefficient (Wildman–Crippen LogP) is -0.653. The van der Waals surface area contributed by atoms with Crippen molar-refractivity contribution in [3.63, 3.8) is 0 Å². The van der Waals surface area contributed by atoms with Crippen LogP contribution in [-0.2, 0) is 11.8 Å². The molecule has 0 spiro atoms. The third kappa shape index (κ3) is 2.58. The first-order chi connectivity index (χ1) is 8.58. The maximum atomic E-state index is 12.2. The zero-order valence-electron chi connectivity index (χ0n) is 10.2. The number of hydrogen-bond donors (Lipinski definition) is 1. The number of aromatic nitrogens is 1. The van der Waals surface area contributed by atoms with Crippen LogP contribution in [0.5, 0.6) is 0 Å². The summed E-state index contributed by atoms with van der Waals surface area (Å²) in [6.45, 7) is 1.15. The number of rotatable bonds is 1. The van der Waals surface area contributed by atoms with Crippen molar-refractivity contribution < 1.29 is 9.59 Å². The molecule has 18 heavy (non-hydrogen) atoms. The summed E-state index contributed by atoms with van der Waals surface area (Å²) in [4.78, 5) is 36.5. The molecule has 1 saturated heterocycles. The second-order valence-corrected chi connectivity index (χ2v) is 4.29. The highest BCUT2D eigenvalue weighted by atomic mass is 16.2. The van der Waals surface area contributed by atoms with Crippen molar-refractivity contribution in [1.29, 1.82) is 0 Å². The Balaban J connectivity index is 2.21. The van der Waals surface area contributed by atoms with Crippen molar-refractivity contribution in [3.8, 4) is 0 Å². The van der Waals surface area contributed by atoms with Gasteiger partial charge < -0.3 is 14.8 Å². The van der Waals surface area contributed by atoms with Crippen molar-refractivity contribution >= 4 is 11.8 Å². The third-order valence-electron chi connectivity index (χ3n) is 2.90. The van der Waals surface area contributed by atoms with Crippen molar-refractivity contribution in [2.24, 2.45) is 7.05 Å². The van der Waals surface area contributed by atoms with E-state index < -0.39 is 0 Å². The topological polar surface area (TPSA) is 71.4 Å². The Labute approximate surface area is 104 Å². The van der Waals surface area contributed by atoms with Crippen molar-refractivity contribution in [2.45, 2.75) is 6.42 Å². The molecule has 1 fully saturated rings. The van der Waals surface area contributed by atoms with Gasteiger partial charge in [0.05, 0.1) is 6.54 Å². The molecule has 0 radical (unpaired) electrons. The van der Waals surface area contributed by atoms with Gasteiger partial charge in [0.1, 0.15) is 0 Å². The Morgan fingerprint density at radius 3 is 2.89 bits per heavy atom. The van der Waals surface area contributed by atoms with E-state index in [9.17, 15) is 14.4 Å². The van der Waals surface area contributed by atoms with E-state index in [-0.39, 0.29) is 23.9 Å². The molecule has 1 aromatic heterocycles. The standard InChI is InChI=1S/C12H15N3O3/c1-14-6-3-9(7-11(14)17)12(18)15-5-2-4-13-10(16)8-15/h3,6-7H,2,4-5,8H2,1H3,(H,13,16). The van der Waals surface area contributed by atoms with Crippen molar-refractivity contribution in [1.82, 2.24) is 14.8 Å². The summed E-state index contributed by atoms with van der Waals surface area (Å²) in [6, 6.07) is 2.89. The van der Waals surface area contributed by atoms with E-state index in [1.807, 2.05) is 0 Å². The molecule has 1 aliphatic rings. The zero-order chi connectivity index (χ0) is 13.1. The summed E-state index contributed by atoms with van der Waals surface area (Å²) in [5.74, 6) is -0.436. The first kappa shape index (κ1) is 12.3. The predicted molar refractivity (Wildman–Crippen MR) is 65.2 cm³/mol. The monoisotopic (exact) mass is 249 g/mol. The van der Waals surface area contributed by atoms with Crippen LogP contribution in [0.15, 0.2) is 23.1 Å². The first-order valence-electron chi connectivity index (χ1n) is 5.80. The summed E-state index contributed by atoms with van der Waals surface area (Å²) < 4.78 is 1.39. The molecule has 2 rings (SSSR count). The summed E-state index contributed by atoms with van der Waals surface area (Å²) in [5, 5.41) is 2.70. The summed E-state index contributed by atoms with van der Waals surface area (Å²) in [5.41, 5.74) is 0.0907.